The van der Waals surface area contributed by atoms with Crippen molar-refractivity contribution in [2.45, 2.75) is 32.7 Å². The van der Waals surface area contributed by atoms with Crippen LogP contribution in [0, 0.1) is 18.8 Å². The lowest BCUT2D eigenvalue weighted by Crippen LogP contribution is -2.39. The molecule has 0 aromatic carbocycles. The van der Waals surface area contributed by atoms with Gasteiger partial charge in [0, 0.05) is 37.1 Å². The smallest absolute Gasteiger partial charge is 0.233 e. The molecule has 116 valence electrons. The van der Waals surface area contributed by atoms with E-state index in [0.717, 1.165) is 13.0 Å². The Morgan fingerprint density at radius 2 is 2.05 bits per heavy atom. The summed E-state index contributed by atoms with van der Waals surface area (Å²) in [5.41, 5.74) is 1.17. The van der Waals surface area contributed by atoms with Gasteiger partial charge in [0.25, 0.3) is 0 Å². The number of amides is 2. The van der Waals surface area contributed by atoms with E-state index in [9.17, 15) is 9.59 Å². The zero-order chi connectivity index (χ0) is 15.7. The molecule has 0 spiro atoms. The Morgan fingerprint density at radius 1 is 1.27 bits per heavy atom. The molecule has 22 heavy (non-hydrogen) atoms. The third kappa shape index (κ3) is 2.80. The summed E-state index contributed by atoms with van der Waals surface area (Å²) < 4.78 is 2.14. The van der Waals surface area contributed by atoms with Crippen LogP contribution in [0.25, 0.3) is 0 Å². The maximum absolute atomic E-state index is 12.4. The Kier molecular flexibility index (Phi) is 4.30. The van der Waals surface area contributed by atoms with Gasteiger partial charge in [-0.15, -0.1) is 0 Å². The summed E-state index contributed by atoms with van der Waals surface area (Å²) in [5.74, 6) is -0.501. The number of imide groups is 1. The first kappa shape index (κ1) is 15.2. The predicted octanol–water partition coefficient (Wildman–Crippen LogP) is 2.19. The molecular formula is C17H20ClN2O2+. The highest BCUT2D eigenvalue weighted by Crippen LogP contribution is 2.38. The Balaban J connectivity index is 1.61. The summed E-state index contributed by atoms with van der Waals surface area (Å²) in [6.45, 7) is 3.34. The molecule has 2 heterocycles. The summed E-state index contributed by atoms with van der Waals surface area (Å²) in [6, 6.07) is 6.04. The minimum absolute atomic E-state index is 0.0230. The summed E-state index contributed by atoms with van der Waals surface area (Å²) in [7, 11) is 0. The highest BCUT2D eigenvalue weighted by Gasteiger charge is 2.47. The number of hydrogen-bond donors (Lipinski definition) is 0. The average Bonchev–Trinajstić information content (AvgIpc) is 2.73. The maximum Gasteiger partial charge on any atom is 0.233 e. The molecule has 2 aliphatic rings. The summed E-state index contributed by atoms with van der Waals surface area (Å²) in [4.78, 5) is 26.3. The van der Waals surface area contributed by atoms with Crippen molar-refractivity contribution in [3.05, 3.63) is 41.2 Å². The van der Waals surface area contributed by atoms with E-state index < -0.39 is 0 Å². The molecule has 2 unspecified atom stereocenters. The van der Waals surface area contributed by atoms with Gasteiger partial charge in [-0.05, 0) is 12.8 Å². The first-order valence-corrected chi connectivity index (χ1v) is 8.10. The van der Waals surface area contributed by atoms with Gasteiger partial charge in [-0.2, -0.15) is 0 Å². The summed E-state index contributed by atoms with van der Waals surface area (Å²) in [5, 5.41) is 0.708. The third-order valence-corrected chi connectivity index (χ3v) is 4.92. The lowest BCUT2D eigenvalue weighted by Gasteiger charge is -2.17. The van der Waals surface area contributed by atoms with Crippen molar-refractivity contribution in [1.29, 1.82) is 0 Å². The average molecular weight is 320 g/mol. The standard InChI is InChI=1S/C17H20ClN2O2/c1-12-5-2-3-8-19(12)9-4-10-20-16(21)14-7-6-13(18)11-15(14)17(20)22/h2-3,5-6,8,14-15H,4,7,9-11H2,1H3/q+1. The van der Waals surface area contributed by atoms with Gasteiger partial charge in [0.05, 0.1) is 11.8 Å². The van der Waals surface area contributed by atoms with Crippen molar-refractivity contribution < 1.29 is 14.2 Å². The van der Waals surface area contributed by atoms with Crippen LogP contribution in [-0.2, 0) is 16.1 Å². The number of likely N-dealkylation sites (tertiary alicyclic amines) is 1. The Bertz CT molecular complexity index is 641. The number of rotatable bonds is 4. The molecule has 4 nitrogen and oxygen atoms in total. The molecule has 1 fully saturated rings. The minimum Gasteiger partial charge on any atom is -0.282 e. The fraction of sp³-hybridized carbons (Fsp3) is 0.471. The zero-order valence-corrected chi connectivity index (χ0v) is 13.4. The van der Waals surface area contributed by atoms with Crippen LogP contribution in [-0.4, -0.2) is 23.3 Å². The first-order chi connectivity index (χ1) is 10.6. The number of aromatic nitrogens is 1. The molecule has 2 atom stereocenters. The quantitative estimate of drug-likeness (QED) is 0.630. The molecule has 0 bridgehead atoms. The minimum atomic E-state index is -0.240. The van der Waals surface area contributed by atoms with E-state index in [1.54, 1.807) is 0 Å². The number of aryl methyl sites for hydroxylation is 2. The lowest BCUT2D eigenvalue weighted by atomic mass is 9.85. The molecule has 1 aromatic heterocycles. The molecule has 1 aliphatic heterocycles. The molecule has 1 saturated heterocycles. The van der Waals surface area contributed by atoms with Gasteiger partial charge >= 0.3 is 0 Å². The van der Waals surface area contributed by atoms with E-state index in [2.05, 4.69) is 4.57 Å². The SMILES string of the molecule is Cc1cccc[n+]1CCCN1C(=O)C2CC=C(Cl)CC2C1=O. The second-order valence-electron chi connectivity index (χ2n) is 6.02. The number of carbonyl (C=O) groups is 2. The van der Waals surface area contributed by atoms with E-state index in [-0.39, 0.29) is 23.7 Å². The Labute approximate surface area is 135 Å². The van der Waals surface area contributed by atoms with E-state index in [1.165, 1.54) is 10.6 Å². The third-order valence-electron chi connectivity index (χ3n) is 4.61. The van der Waals surface area contributed by atoms with Crippen LogP contribution in [0.3, 0.4) is 0 Å². The van der Waals surface area contributed by atoms with Gasteiger partial charge in [0.15, 0.2) is 11.9 Å². The van der Waals surface area contributed by atoms with Crippen LogP contribution in [0.1, 0.15) is 25.0 Å². The molecule has 1 aromatic rings. The Morgan fingerprint density at radius 3 is 2.82 bits per heavy atom. The largest absolute Gasteiger partial charge is 0.282 e. The summed E-state index contributed by atoms with van der Waals surface area (Å²) >= 11 is 6.02. The second-order valence-corrected chi connectivity index (χ2v) is 6.51. The van der Waals surface area contributed by atoms with E-state index in [4.69, 9.17) is 11.6 Å². The monoisotopic (exact) mass is 319 g/mol. The van der Waals surface area contributed by atoms with Gasteiger partial charge in [-0.1, -0.05) is 23.7 Å². The number of fused-ring (bicyclic) bond motifs is 1. The van der Waals surface area contributed by atoms with Crippen LogP contribution in [0.5, 0.6) is 0 Å². The number of hydrogen-bond acceptors (Lipinski definition) is 2. The number of halogens is 1. The molecule has 0 radical (unpaired) electrons. The normalized spacial score (nSPS) is 24.5. The fourth-order valence-electron chi connectivity index (χ4n) is 3.33. The fourth-order valence-corrected chi connectivity index (χ4v) is 3.58. The molecule has 0 saturated carbocycles. The summed E-state index contributed by atoms with van der Waals surface area (Å²) in [6.07, 6.45) is 5.78. The molecular weight excluding hydrogens is 300 g/mol. The number of pyridine rings is 1. The van der Waals surface area contributed by atoms with Crippen molar-refractivity contribution in [1.82, 2.24) is 4.90 Å². The lowest BCUT2D eigenvalue weighted by molar-refractivity contribution is -0.703. The maximum atomic E-state index is 12.4. The molecule has 5 heteroatoms. The Hall–Kier alpha value is -1.68. The number of nitrogens with zero attached hydrogens (tertiary/aromatic N) is 2. The highest BCUT2D eigenvalue weighted by molar-refractivity contribution is 6.30. The van der Waals surface area contributed by atoms with Gasteiger partial charge in [-0.3, -0.25) is 14.5 Å². The van der Waals surface area contributed by atoms with Gasteiger partial charge in [-0.25, -0.2) is 4.57 Å². The van der Waals surface area contributed by atoms with Gasteiger partial charge in [0.2, 0.25) is 11.8 Å². The zero-order valence-electron chi connectivity index (χ0n) is 12.7. The van der Waals surface area contributed by atoms with Crippen molar-refractivity contribution in [2.24, 2.45) is 11.8 Å². The molecule has 2 amide bonds. The van der Waals surface area contributed by atoms with Crippen LogP contribution < -0.4 is 4.57 Å². The molecule has 3 rings (SSSR count). The topological polar surface area (TPSA) is 41.3 Å². The number of carbonyl (C=O) groups excluding carboxylic acids is 2. The van der Waals surface area contributed by atoms with E-state index >= 15 is 0 Å². The number of allylic oxidation sites excluding steroid dienone is 2. The predicted molar refractivity (Wildman–Crippen MR) is 82.9 cm³/mol. The molecule has 0 N–H and O–H groups in total. The second kappa shape index (κ2) is 6.21. The molecule has 1 aliphatic carbocycles. The van der Waals surface area contributed by atoms with Crippen LogP contribution in [0.15, 0.2) is 35.5 Å². The van der Waals surface area contributed by atoms with E-state index in [0.29, 0.717) is 24.4 Å². The van der Waals surface area contributed by atoms with Crippen LogP contribution in [0.4, 0.5) is 0 Å². The van der Waals surface area contributed by atoms with Crippen LogP contribution in [0.2, 0.25) is 0 Å². The van der Waals surface area contributed by atoms with Crippen molar-refractivity contribution in [3.8, 4) is 0 Å². The van der Waals surface area contributed by atoms with Gasteiger partial charge < -0.3 is 0 Å². The highest BCUT2D eigenvalue weighted by atomic mass is 35.5. The van der Waals surface area contributed by atoms with Crippen molar-refractivity contribution >= 4 is 23.4 Å². The van der Waals surface area contributed by atoms with E-state index in [1.807, 2.05) is 37.4 Å². The van der Waals surface area contributed by atoms with Crippen molar-refractivity contribution in [2.75, 3.05) is 6.54 Å². The first-order valence-electron chi connectivity index (χ1n) is 7.73. The van der Waals surface area contributed by atoms with Crippen molar-refractivity contribution in [3.63, 3.8) is 0 Å². The van der Waals surface area contributed by atoms with Crippen LogP contribution >= 0.6 is 11.6 Å². The van der Waals surface area contributed by atoms with Gasteiger partial charge in [0.1, 0.15) is 6.54 Å².